The van der Waals surface area contributed by atoms with Crippen molar-refractivity contribution < 1.29 is 14.3 Å². The maximum atomic E-state index is 13.0. The number of hydrogen-bond donors (Lipinski definition) is 2. The molecule has 1 atom stereocenters. The standard InChI is InChI=1S/C17H19FN2O2S/c18-14-3-1-12(2-4-14)16(21)13-5-8-20(9-6-13)17(22)19-15-7-10-23-11-15/h1-4,7,10-11,13,16,21H,5-6,8-9H2,(H,19,22). The molecule has 2 N–H and O–H groups in total. The normalized spacial score (nSPS) is 17.0. The number of thiophene rings is 1. The van der Waals surface area contributed by atoms with Gasteiger partial charge in [-0.2, -0.15) is 11.3 Å². The van der Waals surface area contributed by atoms with Crippen molar-refractivity contribution in [2.75, 3.05) is 18.4 Å². The van der Waals surface area contributed by atoms with E-state index in [1.54, 1.807) is 17.0 Å². The Morgan fingerprint density at radius 2 is 1.96 bits per heavy atom. The van der Waals surface area contributed by atoms with E-state index in [9.17, 15) is 14.3 Å². The highest BCUT2D eigenvalue weighted by molar-refractivity contribution is 7.08. The predicted octanol–water partition coefficient (Wildman–Crippen LogP) is 3.86. The third-order valence-corrected chi connectivity index (χ3v) is 4.94. The third kappa shape index (κ3) is 3.89. The molecule has 0 saturated carbocycles. The third-order valence-electron chi connectivity index (χ3n) is 4.26. The first-order chi connectivity index (χ1) is 11.1. The van der Waals surface area contributed by atoms with Gasteiger partial charge in [-0.15, -0.1) is 0 Å². The number of aliphatic hydroxyl groups is 1. The number of aliphatic hydroxyl groups excluding tert-OH is 1. The van der Waals surface area contributed by atoms with Crippen LogP contribution >= 0.6 is 11.3 Å². The van der Waals surface area contributed by atoms with Gasteiger partial charge in [0, 0.05) is 18.5 Å². The van der Waals surface area contributed by atoms with Gasteiger partial charge in [-0.3, -0.25) is 0 Å². The Labute approximate surface area is 138 Å². The van der Waals surface area contributed by atoms with Gasteiger partial charge in [0.2, 0.25) is 0 Å². The number of rotatable bonds is 3. The van der Waals surface area contributed by atoms with E-state index in [1.165, 1.54) is 23.5 Å². The van der Waals surface area contributed by atoms with E-state index >= 15 is 0 Å². The number of carbonyl (C=O) groups is 1. The number of halogens is 1. The Morgan fingerprint density at radius 1 is 1.26 bits per heavy atom. The van der Waals surface area contributed by atoms with Gasteiger partial charge in [0.15, 0.2) is 0 Å². The van der Waals surface area contributed by atoms with Crippen molar-refractivity contribution in [1.29, 1.82) is 0 Å². The second-order valence-electron chi connectivity index (χ2n) is 5.76. The fourth-order valence-corrected chi connectivity index (χ4v) is 3.48. The Morgan fingerprint density at radius 3 is 2.57 bits per heavy atom. The SMILES string of the molecule is O=C(Nc1ccsc1)N1CCC(C(O)c2ccc(F)cc2)CC1. The lowest BCUT2D eigenvalue weighted by molar-refractivity contribution is 0.0682. The smallest absolute Gasteiger partial charge is 0.321 e. The second-order valence-corrected chi connectivity index (χ2v) is 6.54. The van der Waals surface area contributed by atoms with E-state index in [1.807, 2.05) is 16.8 Å². The zero-order chi connectivity index (χ0) is 16.2. The minimum absolute atomic E-state index is 0.0886. The molecule has 0 radical (unpaired) electrons. The van der Waals surface area contributed by atoms with Crippen LogP contribution in [0.15, 0.2) is 41.1 Å². The molecule has 1 unspecified atom stereocenters. The molecule has 3 rings (SSSR count). The van der Waals surface area contributed by atoms with Crippen LogP contribution in [0.3, 0.4) is 0 Å². The highest BCUT2D eigenvalue weighted by Gasteiger charge is 2.28. The lowest BCUT2D eigenvalue weighted by Crippen LogP contribution is -2.42. The largest absolute Gasteiger partial charge is 0.388 e. The van der Waals surface area contributed by atoms with E-state index < -0.39 is 6.10 Å². The molecule has 4 nitrogen and oxygen atoms in total. The molecule has 0 spiro atoms. The van der Waals surface area contributed by atoms with Crippen molar-refractivity contribution in [3.8, 4) is 0 Å². The van der Waals surface area contributed by atoms with E-state index in [0.29, 0.717) is 13.1 Å². The van der Waals surface area contributed by atoms with Crippen LogP contribution in [0.5, 0.6) is 0 Å². The fraction of sp³-hybridized carbons (Fsp3) is 0.353. The Hall–Kier alpha value is -1.92. The summed E-state index contributed by atoms with van der Waals surface area (Å²) >= 11 is 1.54. The second kappa shape index (κ2) is 7.10. The summed E-state index contributed by atoms with van der Waals surface area (Å²) in [6.45, 7) is 1.22. The van der Waals surface area contributed by atoms with E-state index in [0.717, 1.165) is 24.1 Å². The molecule has 0 aliphatic carbocycles. The van der Waals surface area contributed by atoms with Crippen LogP contribution in [0, 0.1) is 11.7 Å². The highest BCUT2D eigenvalue weighted by atomic mass is 32.1. The van der Waals surface area contributed by atoms with Gasteiger partial charge in [0.05, 0.1) is 11.8 Å². The van der Waals surface area contributed by atoms with Crippen LogP contribution in [0.1, 0.15) is 24.5 Å². The molecule has 0 bridgehead atoms. The number of nitrogens with one attached hydrogen (secondary N) is 1. The number of anilines is 1. The minimum atomic E-state index is -0.613. The summed E-state index contributed by atoms with van der Waals surface area (Å²) in [5, 5.41) is 17.1. The summed E-state index contributed by atoms with van der Waals surface area (Å²) in [6, 6.07) is 7.74. The van der Waals surface area contributed by atoms with E-state index in [-0.39, 0.29) is 17.8 Å². The van der Waals surface area contributed by atoms with Crippen LogP contribution in [-0.4, -0.2) is 29.1 Å². The van der Waals surface area contributed by atoms with Crippen molar-refractivity contribution in [1.82, 2.24) is 4.90 Å². The van der Waals surface area contributed by atoms with E-state index in [4.69, 9.17) is 0 Å². The summed E-state index contributed by atoms with van der Waals surface area (Å²) in [4.78, 5) is 13.9. The number of likely N-dealkylation sites (tertiary alicyclic amines) is 1. The van der Waals surface area contributed by atoms with Gasteiger partial charge in [0.1, 0.15) is 5.82 Å². The first kappa shape index (κ1) is 16.0. The van der Waals surface area contributed by atoms with Gasteiger partial charge >= 0.3 is 6.03 Å². The lowest BCUT2D eigenvalue weighted by atomic mass is 9.87. The summed E-state index contributed by atoms with van der Waals surface area (Å²) < 4.78 is 13.0. The molecule has 2 heterocycles. The van der Waals surface area contributed by atoms with Gasteiger partial charge in [-0.25, -0.2) is 9.18 Å². The molecule has 6 heteroatoms. The fourth-order valence-electron chi connectivity index (χ4n) is 2.89. The van der Waals surface area contributed by atoms with Crippen molar-refractivity contribution in [2.24, 2.45) is 5.92 Å². The molecule has 2 aromatic rings. The maximum Gasteiger partial charge on any atom is 0.321 e. The summed E-state index contributed by atoms with van der Waals surface area (Å²) in [7, 11) is 0. The quantitative estimate of drug-likeness (QED) is 0.895. The van der Waals surface area contributed by atoms with E-state index in [2.05, 4.69) is 5.32 Å². The predicted molar refractivity (Wildman–Crippen MR) is 89.0 cm³/mol. The Kier molecular flexibility index (Phi) is 4.93. The number of urea groups is 1. The average Bonchev–Trinajstić information content (AvgIpc) is 3.08. The number of amides is 2. The molecule has 1 fully saturated rings. The molecule has 1 aromatic carbocycles. The van der Waals surface area contributed by atoms with Gasteiger partial charge < -0.3 is 15.3 Å². The minimum Gasteiger partial charge on any atom is -0.388 e. The first-order valence-electron chi connectivity index (χ1n) is 7.65. The van der Waals surface area contributed by atoms with Gasteiger partial charge in [0.25, 0.3) is 0 Å². The van der Waals surface area contributed by atoms with Gasteiger partial charge in [-0.05, 0) is 47.9 Å². The van der Waals surface area contributed by atoms with Crippen LogP contribution < -0.4 is 5.32 Å². The molecule has 1 aliphatic rings. The van der Waals surface area contributed by atoms with Crippen LogP contribution in [0.2, 0.25) is 0 Å². The van der Waals surface area contributed by atoms with Crippen LogP contribution in [0.4, 0.5) is 14.9 Å². The van der Waals surface area contributed by atoms with Crippen molar-refractivity contribution >= 4 is 23.1 Å². The molecular formula is C17H19FN2O2S. The number of piperidine rings is 1. The topological polar surface area (TPSA) is 52.6 Å². The van der Waals surface area contributed by atoms with Gasteiger partial charge in [-0.1, -0.05) is 12.1 Å². The first-order valence-corrected chi connectivity index (χ1v) is 8.59. The molecule has 1 aromatic heterocycles. The lowest BCUT2D eigenvalue weighted by Gasteiger charge is -2.34. The molecule has 1 saturated heterocycles. The monoisotopic (exact) mass is 334 g/mol. The highest BCUT2D eigenvalue weighted by Crippen LogP contribution is 2.31. The maximum absolute atomic E-state index is 13.0. The molecular weight excluding hydrogens is 315 g/mol. The summed E-state index contributed by atoms with van der Waals surface area (Å²) in [5.41, 5.74) is 1.54. The molecule has 23 heavy (non-hydrogen) atoms. The van der Waals surface area contributed by atoms with Crippen molar-refractivity contribution in [3.05, 3.63) is 52.5 Å². The number of carbonyl (C=O) groups excluding carboxylic acids is 1. The summed E-state index contributed by atoms with van der Waals surface area (Å²) in [5.74, 6) is -0.216. The number of benzene rings is 1. The number of nitrogens with zero attached hydrogens (tertiary/aromatic N) is 1. The molecule has 122 valence electrons. The van der Waals surface area contributed by atoms with Crippen LogP contribution in [-0.2, 0) is 0 Å². The van der Waals surface area contributed by atoms with Crippen molar-refractivity contribution in [3.63, 3.8) is 0 Å². The number of hydrogen-bond acceptors (Lipinski definition) is 3. The zero-order valence-corrected chi connectivity index (χ0v) is 13.4. The van der Waals surface area contributed by atoms with Crippen LogP contribution in [0.25, 0.3) is 0 Å². The molecule has 1 aliphatic heterocycles. The summed E-state index contributed by atoms with van der Waals surface area (Å²) in [6.07, 6.45) is 0.850. The average molecular weight is 334 g/mol. The Bertz CT molecular complexity index is 637. The van der Waals surface area contributed by atoms with Crippen molar-refractivity contribution in [2.45, 2.75) is 18.9 Å². The molecule has 2 amide bonds. The zero-order valence-electron chi connectivity index (χ0n) is 12.6. The Balaban J connectivity index is 1.53.